The molecule has 2 nitrogen and oxygen atoms in total. The summed E-state index contributed by atoms with van der Waals surface area (Å²) in [6.45, 7) is 0. The Balaban J connectivity index is 2.40. The molecule has 0 amide bonds. The first kappa shape index (κ1) is 12.1. The van der Waals surface area contributed by atoms with Gasteiger partial charge in [0.1, 0.15) is 11.9 Å². The average molecular weight is 293 g/mol. The summed E-state index contributed by atoms with van der Waals surface area (Å²) in [6, 6.07) is 15.1. The minimum atomic E-state index is -0.667. The van der Waals surface area contributed by atoms with Gasteiger partial charge in [-0.15, -0.1) is 0 Å². The molecular weight excluding hydrogens is 280 g/mol. The first-order valence-electron chi connectivity index (χ1n) is 5.29. The van der Waals surface area contributed by atoms with Crippen molar-refractivity contribution in [1.82, 2.24) is 0 Å². The van der Waals surface area contributed by atoms with Crippen LogP contribution in [0.2, 0.25) is 0 Å². The Kier molecular flexibility index (Phi) is 3.82. The predicted octanol–water partition coefficient (Wildman–Crippen LogP) is 3.54. The molecule has 2 rings (SSSR count). The van der Waals surface area contributed by atoms with E-state index in [0.717, 1.165) is 15.6 Å². The maximum atomic E-state index is 10.3. The van der Waals surface area contributed by atoms with Gasteiger partial charge in [-0.1, -0.05) is 52.3 Å². The van der Waals surface area contributed by atoms with Gasteiger partial charge in [0.05, 0.1) is 7.11 Å². The third-order valence-corrected chi connectivity index (χ3v) is 3.10. The number of hydrogen-bond donors (Lipinski definition) is 1. The Morgan fingerprint density at radius 3 is 2.47 bits per heavy atom. The predicted molar refractivity (Wildman–Crippen MR) is 71.2 cm³/mol. The lowest BCUT2D eigenvalue weighted by Crippen LogP contribution is -2.02. The van der Waals surface area contributed by atoms with Gasteiger partial charge in [-0.25, -0.2) is 0 Å². The molecule has 0 saturated carbocycles. The van der Waals surface area contributed by atoms with Crippen LogP contribution in [0.15, 0.2) is 53.0 Å². The maximum absolute atomic E-state index is 10.3. The molecule has 0 aliphatic carbocycles. The lowest BCUT2D eigenvalue weighted by molar-refractivity contribution is 0.214. The highest BCUT2D eigenvalue weighted by Crippen LogP contribution is 2.31. The number of aliphatic hydroxyl groups is 1. The van der Waals surface area contributed by atoms with E-state index in [0.29, 0.717) is 5.75 Å². The number of ether oxygens (including phenoxy) is 1. The summed E-state index contributed by atoms with van der Waals surface area (Å²) in [5.74, 6) is 0.677. The molecule has 0 radical (unpaired) electrons. The van der Waals surface area contributed by atoms with Crippen LogP contribution in [0.4, 0.5) is 0 Å². The van der Waals surface area contributed by atoms with Crippen molar-refractivity contribution >= 4 is 15.9 Å². The second kappa shape index (κ2) is 5.34. The highest BCUT2D eigenvalue weighted by atomic mass is 79.9. The number of methoxy groups -OCH3 is 1. The third-order valence-electron chi connectivity index (χ3n) is 2.61. The SMILES string of the molecule is COc1cc(Br)ccc1C(O)c1ccccc1. The van der Waals surface area contributed by atoms with E-state index in [4.69, 9.17) is 4.74 Å². The number of benzene rings is 2. The van der Waals surface area contributed by atoms with Crippen molar-refractivity contribution in [2.75, 3.05) is 7.11 Å². The Bertz CT molecular complexity index is 497. The Labute approximate surface area is 109 Å². The molecular formula is C14H13BrO2. The van der Waals surface area contributed by atoms with Crippen LogP contribution in [0.5, 0.6) is 5.75 Å². The lowest BCUT2D eigenvalue weighted by atomic mass is 10.0. The van der Waals surface area contributed by atoms with Gasteiger partial charge >= 0.3 is 0 Å². The molecule has 0 aliphatic rings. The van der Waals surface area contributed by atoms with Crippen molar-refractivity contribution in [1.29, 1.82) is 0 Å². The summed E-state index contributed by atoms with van der Waals surface area (Å²) in [4.78, 5) is 0. The van der Waals surface area contributed by atoms with Crippen LogP contribution in [-0.4, -0.2) is 12.2 Å². The van der Waals surface area contributed by atoms with Crippen LogP contribution in [0, 0.1) is 0 Å². The molecule has 1 atom stereocenters. The van der Waals surface area contributed by atoms with Gasteiger partial charge < -0.3 is 9.84 Å². The molecule has 0 aliphatic heterocycles. The standard InChI is InChI=1S/C14H13BrO2/c1-17-13-9-11(15)7-8-12(13)14(16)10-5-3-2-4-6-10/h2-9,14,16H,1H3. The summed E-state index contributed by atoms with van der Waals surface area (Å²) in [5.41, 5.74) is 1.62. The third kappa shape index (κ3) is 2.68. The summed E-state index contributed by atoms with van der Waals surface area (Å²) in [5, 5.41) is 10.3. The van der Waals surface area contributed by atoms with Crippen molar-refractivity contribution < 1.29 is 9.84 Å². The fraction of sp³-hybridized carbons (Fsp3) is 0.143. The zero-order valence-electron chi connectivity index (χ0n) is 9.43. The molecule has 0 spiro atoms. The maximum Gasteiger partial charge on any atom is 0.126 e. The van der Waals surface area contributed by atoms with Gasteiger partial charge in [-0.2, -0.15) is 0 Å². The van der Waals surface area contributed by atoms with Crippen LogP contribution in [0.3, 0.4) is 0 Å². The quantitative estimate of drug-likeness (QED) is 0.938. The number of aliphatic hydroxyl groups excluding tert-OH is 1. The molecule has 0 fully saturated rings. The van der Waals surface area contributed by atoms with Crippen molar-refractivity contribution in [3.05, 3.63) is 64.1 Å². The highest BCUT2D eigenvalue weighted by Gasteiger charge is 2.15. The molecule has 0 heterocycles. The van der Waals surface area contributed by atoms with Gasteiger partial charge in [-0.3, -0.25) is 0 Å². The highest BCUT2D eigenvalue weighted by molar-refractivity contribution is 9.10. The average Bonchev–Trinajstić information content (AvgIpc) is 2.39. The van der Waals surface area contributed by atoms with Crippen molar-refractivity contribution in [2.24, 2.45) is 0 Å². The minimum Gasteiger partial charge on any atom is -0.496 e. The van der Waals surface area contributed by atoms with E-state index in [1.807, 2.05) is 48.5 Å². The fourth-order valence-corrected chi connectivity index (χ4v) is 2.07. The molecule has 1 N–H and O–H groups in total. The van der Waals surface area contributed by atoms with Crippen LogP contribution in [-0.2, 0) is 0 Å². The molecule has 0 saturated heterocycles. The number of halogens is 1. The van der Waals surface area contributed by atoms with E-state index in [1.54, 1.807) is 7.11 Å². The van der Waals surface area contributed by atoms with Gasteiger partial charge in [0.2, 0.25) is 0 Å². The normalized spacial score (nSPS) is 12.2. The van der Waals surface area contributed by atoms with Crippen LogP contribution in [0.1, 0.15) is 17.2 Å². The minimum absolute atomic E-state index is 0.667. The Hall–Kier alpha value is -1.32. The zero-order valence-corrected chi connectivity index (χ0v) is 11.0. The van der Waals surface area contributed by atoms with Gasteiger partial charge in [0.15, 0.2) is 0 Å². The molecule has 2 aromatic rings. The smallest absolute Gasteiger partial charge is 0.126 e. The van der Waals surface area contributed by atoms with E-state index in [2.05, 4.69) is 15.9 Å². The van der Waals surface area contributed by atoms with Gasteiger partial charge in [0, 0.05) is 10.0 Å². The van der Waals surface area contributed by atoms with E-state index in [-0.39, 0.29) is 0 Å². The molecule has 1 unspecified atom stereocenters. The summed E-state index contributed by atoms with van der Waals surface area (Å²) in [6.07, 6.45) is -0.667. The number of hydrogen-bond acceptors (Lipinski definition) is 2. The van der Waals surface area contributed by atoms with Crippen molar-refractivity contribution in [2.45, 2.75) is 6.10 Å². The second-order valence-corrected chi connectivity index (χ2v) is 4.62. The van der Waals surface area contributed by atoms with Crippen molar-refractivity contribution in [3.8, 4) is 5.75 Å². The first-order chi connectivity index (χ1) is 8.22. The largest absolute Gasteiger partial charge is 0.496 e. The Morgan fingerprint density at radius 2 is 1.82 bits per heavy atom. The zero-order chi connectivity index (χ0) is 12.3. The summed E-state index contributed by atoms with van der Waals surface area (Å²) >= 11 is 3.38. The molecule has 2 aromatic carbocycles. The molecule has 0 aromatic heterocycles. The van der Waals surface area contributed by atoms with Crippen LogP contribution >= 0.6 is 15.9 Å². The molecule has 3 heteroatoms. The van der Waals surface area contributed by atoms with E-state index < -0.39 is 6.10 Å². The second-order valence-electron chi connectivity index (χ2n) is 3.70. The number of rotatable bonds is 3. The monoisotopic (exact) mass is 292 g/mol. The van der Waals surface area contributed by atoms with Crippen LogP contribution < -0.4 is 4.74 Å². The molecule has 17 heavy (non-hydrogen) atoms. The fourth-order valence-electron chi connectivity index (χ4n) is 1.73. The first-order valence-corrected chi connectivity index (χ1v) is 6.08. The molecule has 0 bridgehead atoms. The Morgan fingerprint density at radius 1 is 1.12 bits per heavy atom. The topological polar surface area (TPSA) is 29.5 Å². The lowest BCUT2D eigenvalue weighted by Gasteiger charge is -2.15. The van der Waals surface area contributed by atoms with Crippen LogP contribution in [0.25, 0.3) is 0 Å². The van der Waals surface area contributed by atoms with Crippen molar-refractivity contribution in [3.63, 3.8) is 0 Å². The van der Waals surface area contributed by atoms with Gasteiger partial charge in [0.25, 0.3) is 0 Å². The van der Waals surface area contributed by atoms with E-state index >= 15 is 0 Å². The molecule has 88 valence electrons. The van der Waals surface area contributed by atoms with E-state index in [9.17, 15) is 5.11 Å². The van der Waals surface area contributed by atoms with E-state index in [1.165, 1.54) is 0 Å². The summed E-state index contributed by atoms with van der Waals surface area (Å²) < 4.78 is 6.21. The summed E-state index contributed by atoms with van der Waals surface area (Å²) in [7, 11) is 1.60. The van der Waals surface area contributed by atoms with Gasteiger partial charge in [-0.05, 0) is 17.7 Å².